The third-order valence-corrected chi connectivity index (χ3v) is 8.77. The van der Waals surface area contributed by atoms with Gasteiger partial charge in [0.1, 0.15) is 5.58 Å². The van der Waals surface area contributed by atoms with Crippen molar-refractivity contribution in [3.8, 4) is 5.69 Å². The van der Waals surface area contributed by atoms with Crippen LogP contribution in [0.5, 0.6) is 0 Å². The lowest BCUT2D eigenvalue weighted by Crippen LogP contribution is -2.24. The molecule has 8 heteroatoms. The van der Waals surface area contributed by atoms with Crippen molar-refractivity contribution in [2.24, 2.45) is 0 Å². The molecule has 1 aliphatic heterocycles. The van der Waals surface area contributed by atoms with Crippen LogP contribution in [0.1, 0.15) is 84.6 Å². The van der Waals surface area contributed by atoms with Crippen LogP contribution in [0.25, 0.3) is 28.8 Å². The maximum atomic E-state index is 13.0. The molecule has 0 radical (unpaired) electrons. The number of aromatic carboxylic acids is 1. The topological polar surface area (TPSA) is 109 Å². The van der Waals surface area contributed by atoms with Gasteiger partial charge in [0.05, 0.1) is 16.8 Å². The molecule has 0 aliphatic carbocycles. The number of carboxylic acids is 1. The molecule has 47 heavy (non-hydrogen) atoms. The number of aromatic amines is 1. The van der Waals surface area contributed by atoms with Crippen LogP contribution in [0.4, 0.5) is 11.4 Å². The highest BCUT2D eigenvalue weighted by Crippen LogP contribution is 2.36. The third-order valence-electron chi connectivity index (χ3n) is 8.77. The zero-order chi connectivity index (χ0) is 32.8. The summed E-state index contributed by atoms with van der Waals surface area (Å²) in [5.41, 5.74) is 7.35. The van der Waals surface area contributed by atoms with Crippen LogP contribution in [0, 0.1) is 0 Å². The number of nitrogens with zero attached hydrogens (tertiary/aromatic N) is 2. The van der Waals surface area contributed by atoms with Crippen molar-refractivity contribution in [2.45, 2.75) is 64.7 Å². The number of hydrogen-bond acceptors (Lipinski definition) is 5. The van der Waals surface area contributed by atoms with Gasteiger partial charge in [-0.25, -0.2) is 14.3 Å². The number of benzene rings is 3. The Labute approximate surface area is 273 Å². The van der Waals surface area contributed by atoms with Crippen molar-refractivity contribution in [1.29, 1.82) is 0 Å². The van der Waals surface area contributed by atoms with Crippen LogP contribution < -0.4 is 16.1 Å². The van der Waals surface area contributed by atoms with Gasteiger partial charge >= 0.3 is 11.6 Å². The Morgan fingerprint density at radius 2 is 1.70 bits per heavy atom. The molecule has 0 unspecified atom stereocenters. The molecule has 0 bridgehead atoms. The summed E-state index contributed by atoms with van der Waals surface area (Å²) in [7, 11) is 0. The lowest BCUT2D eigenvalue weighted by atomic mass is 9.98. The second-order valence-electron chi connectivity index (χ2n) is 12.1. The van der Waals surface area contributed by atoms with Crippen LogP contribution in [0.2, 0.25) is 0 Å². The smallest absolute Gasteiger partial charge is 0.354 e. The van der Waals surface area contributed by atoms with Crippen LogP contribution in [0.3, 0.4) is 0 Å². The number of carbonyl (C=O) groups is 1. The molecule has 0 saturated heterocycles. The van der Waals surface area contributed by atoms with E-state index in [9.17, 15) is 19.5 Å². The number of H-pyrrole nitrogens is 1. The van der Waals surface area contributed by atoms with E-state index in [0.29, 0.717) is 11.3 Å². The van der Waals surface area contributed by atoms with Crippen molar-refractivity contribution in [3.63, 3.8) is 0 Å². The van der Waals surface area contributed by atoms with Gasteiger partial charge < -0.3 is 14.4 Å². The predicted octanol–water partition coefficient (Wildman–Crippen LogP) is 8.28. The molecule has 6 rings (SSSR count). The van der Waals surface area contributed by atoms with Crippen LogP contribution in [0.15, 0.2) is 92.5 Å². The van der Waals surface area contributed by atoms with Gasteiger partial charge in [-0.1, -0.05) is 69.4 Å². The molecule has 0 spiro atoms. The predicted molar refractivity (Wildman–Crippen MR) is 187 cm³/mol. The van der Waals surface area contributed by atoms with E-state index in [0.717, 1.165) is 42.6 Å². The van der Waals surface area contributed by atoms with Gasteiger partial charge in [-0.05, 0) is 85.4 Å². The minimum atomic E-state index is -1.28. The molecule has 2 aromatic heterocycles. The van der Waals surface area contributed by atoms with Crippen molar-refractivity contribution >= 4 is 40.5 Å². The van der Waals surface area contributed by atoms with Crippen LogP contribution >= 0.6 is 0 Å². The molecule has 0 amide bonds. The summed E-state index contributed by atoms with van der Waals surface area (Å²) in [6.45, 7) is 3.13. The summed E-state index contributed by atoms with van der Waals surface area (Å²) in [5, 5.41) is 13.1. The highest BCUT2D eigenvalue weighted by molar-refractivity contribution is 5.90. The Bertz CT molecular complexity index is 2060. The van der Waals surface area contributed by atoms with Crippen LogP contribution in [-0.2, 0) is 12.8 Å². The molecule has 3 heterocycles. The summed E-state index contributed by atoms with van der Waals surface area (Å²) in [4.78, 5) is 40.2. The Kier molecular flexibility index (Phi) is 9.69. The Hall–Kier alpha value is -5.33. The molecule has 1 aliphatic rings. The van der Waals surface area contributed by atoms with E-state index < -0.39 is 17.2 Å². The Morgan fingerprint density at radius 3 is 2.47 bits per heavy atom. The summed E-state index contributed by atoms with van der Waals surface area (Å²) in [6.07, 6.45) is 13.4. The van der Waals surface area contributed by atoms with Gasteiger partial charge in [0.15, 0.2) is 5.69 Å². The van der Waals surface area contributed by atoms with Gasteiger partial charge in [0.25, 0.3) is 5.56 Å². The van der Waals surface area contributed by atoms with Crippen molar-refractivity contribution < 1.29 is 14.3 Å². The minimum absolute atomic E-state index is 0.0765. The molecular formula is C39H39N3O5. The first-order valence-electron chi connectivity index (χ1n) is 16.5. The van der Waals surface area contributed by atoms with Gasteiger partial charge in [-0.15, -0.1) is 5.73 Å². The number of anilines is 2. The van der Waals surface area contributed by atoms with E-state index in [1.807, 2.05) is 6.07 Å². The molecule has 0 saturated carbocycles. The fourth-order valence-corrected chi connectivity index (χ4v) is 6.26. The molecule has 0 atom stereocenters. The number of hydrogen-bond donors (Lipinski definition) is 2. The maximum absolute atomic E-state index is 13.0. The molecule has 3 aromatic carbocycles. The molecule has 0 fully saturated rings. The number of para-hydroxylation sites is 1. The molecule has 240 valence electrons. The van der Waals surface area contributed by atoms with Crippen molar-refractivity contribution in [1.82, 2.24) is 9.78 Å². The SMILES string of the molecule is CCCCCCCCc1ccc(N2CCCc3cc4cc(C=C=Cc5c(C(=O)O)[nH]n(-c6ccccc6)c5=O)c(=O)oc4cc32)cc1. The van der Waals surface area contributed by atoms with Crippen LogP contribution in [-0.4, -0.2) is 27.4 Å². The summed E-state index contributed by atoms with van der Waals surface area (Å²) in [5.74, 6) is -1.28. The fourth-order valence-electron chi connectivity index (χ4n) is 6.26. The van der Waals surface area contributed by atoms with E-state index in [1.54, 1.807) is 36.4 Å². The number of carboxylic acid groups (broad SMARTS) is 1. The number of aryl methyl sites for hydroxylation is 2. The molecule has 2 N–H and O–H groups in total. The molecule has 8 nitrogen and oxygen atoms in total. The Morgan fingerprint density at radius 1 is 0.936 bits per heavy atom. The second kappa shape index (κ2) is 14.4. The minimum Gasteiger partial charge on any atom is -0.477 e. The summed E-state index contributed by atoms with van der Waals surface area (Å²) in [6, 6.07) is 23.3. The first kappa shape index (κ1) is 31.6. The highest BCUT2D eigenvalue weighted by atomic mass is 16.4. The van der Waals surface area contributed by atoms with E-state index in [4.69, 9.17) is 4.42 Å². The monoisotopic (exact) mass is 629 g/mol. The van der Waals surface area contributed by atoms with E-state index in [-0.39, 0.29) is 16.8 Å². The number of fused-ring (bicyclic) bond motifs is 2. The average molecular weight is 630 g/mol. The largest absolute Gasteiger partial charge is 0.477 e. The van der Waals surface area contributed by atoms with Crippen molar-refractivity contribution in [3.05, 3.63) is 127 Å². The number of unbranched alkanes of at least 4 members (excludes halogenated alkanes) is 5. The number of rotatable bonds is 12. The summed E-state index contributed by atoms with van der Waals surface area (Å²) >= 11 is 0. The lowest BCUT2D eigenvalue weighted by molar-refractivity contribution is 0.0689. The highest BCUT2D eigenvalue weighted by Gasteiger charge is 2.21. The van der Waals surface area contributed by atoms with E-state index >= 15 is 0 Å². The zero-order valence-electron chi connectivity index (χ0n) is 26.6. The number of aromatic nitrogens is 2. The quantitative estimate of drug-likeness (QED) is 0.0817. The Balaban J connectivity index is 1.23. The third kappa shape index (κ3) is 7.08. The van der Waals surface area contributed by atoms with E-state index in [1.165, 1.54) is 66.5 Å². The molecule has 5 aromatic rings. The molecular weight excluding hydrogens is 590 g/mol. The first-order valence-corrected chi connectivity index (χ1v) is 16.5. The van der Waals surface area contributed by atoms with Gasteiger partial charge in [0.2, 0.25) is 0 Å². The van der Waals surface area contributed by atoms with Gasteiger partial charge in [-0.3, -0.25) is 9.89 Å². The summed E-state index contributed by atoms with van der Waals surface area (Å²) < 4.78 is 6.92. The van der Waals surface area contributed by atoms with Gasteiger partial charge in [0, 0.05) is 29.4 Å². The van der Waals surface area contributed by atoms with E-state index in [2.05, 4.69) is 53.0 Å². The lowest BCUT2D eigenvalue weighted by Gasteiger charge is -2.31. The van der Waals surface area contributed by atoms with Gasteiger partial charge in [-0.2, -0.15) is 0 Å². The normalized spacial score (nSPS) is 12.5. The van der Waals surface area contributed by atoms with Crippen molar-refractivity contribution in [2.75, 3.05) is 11.4 Å². The average Bonchev–Trinajstić information content (AvgIpc) is 3.42. The zero-order valence-corrected chi connectivity index (χ0v) is 26.6. The second-order valence-corrected chi connectivity index (χ2v) is 12.1. The standard InChI is InChI=1S/C39H39N3O5/c1-2-3-4-5-6-8-13-27-19-21-31(22-20-27)41-23-12-15-28-24-30-25-29(39(46)47-35(30)26-34(28)41)14-11-18-33-36(38(44)45)40-42(37(33)43)32-16-9-7-10-17-32/h7,9-10,14,16-22,24-26,40H,2-6,8,12-13,15,23H2,1H3,(H,44,45). The number of nitrogens with one attached hydrogen (secondary N) is 1. The fraction of sp³-hybridized carbons (Fsp3) is 0.282. The first-order chi connectivity index (χ1) is 22.9. The maximum Gasteiger partial charge on any atom is 0.354 e.